The molecule has 0 unspecified atom stereocenters. The van der Waals surface area contributed by atoms with E-state index in [9.17, 15) is 9.59 Å². The Kier molecular flexibility index (Phi) is 3.37. The molecule has 0 fully saturated rings. The highest BCUT2D eigenvalue weighted by atomic mass is 16.4. The number of hydrogen-bond donors (Lipinski definition) is 3. The van der Waals surface area contributed by atoms with Gasteiger partial charge in [-0.15, -0.1) is 10.2 Å². The third-order valence-electron chi connectivity index (χ3n) is 2.27. The number of carbonyl (C=O) groups is 1. The maximum absolute atomic E-state index is 11.1. The van der Waals surface area contributed by atoms with Crippen molar-refractivity contribution in [3.05, 3.63) is 52.3 Å². The van der Waals surface area contributed by atoms with Crippen LogP contribution < -0.4 is 5.56 Å². The van der Waals surface area contributed by atoms with Crippen LogP contribution in [0.5, 0.6) is 5.75 Å². The number of aromatic hydroxyl groups is 1. The fourth-order valence-electron chi connectivity index (χ4n) is 1.36. The first kappa shape index (κ1) is 12.5. The van der Waals surface area contributed by atoms with Gasteiger partial charge in [-0.05, 0) is 24.3 Å². The number of carboxylic acid groups (broad SMARTS) is 1. The summed E-state index contributed by atoms with van der Waals surface area (Å²) in [7, 11) is 0. The molecule has 96 valence electrons. The van der Waals surface area contributed by atoms with Crippen LogP contribution in [-0.4, -0.2) is 21.2 Å². The highest BCUT2D eigenvalue weighted by molar-refractivity contribution is 5.93. The lowest BCUT2D eigenvalue weighted by atomic mass is 10.2. The highest BCUT2D eigenvalue weighted by Gasteiger charge is 2.08. The number of carboxylic acids is 1. The number of nitrogens with zero attached hydrogens (tertiary/aromatic N) is 2. The van der Waals surface area contributed by atoms with E-state index in [0.29, 0.717) is 0 Å². The van der Waals surface area contributed by atoms with Crippen molar-refractivity contribution in [3.63, 3.8) is 0 Å². The Morgan fingerprint density at radius 1 is 1.11 bits per heavy atom. The average molecular weight is 259 g/mol. The molecule has 19 heavy (non-hydrogen) atoms. The van der Waals surface area contributed by atoms with Crippen molar-refractivity contribution in [2.24, 2.45) is 10.2 Å². The van der Waals surface area contributed by atoms with Crippen LogP contribution in [0.25, 0.3) is 0 Å². The van der Waals surface area contributed by atoms with Crippen LogP contribution in [0, 0.1) is 0 Å². The second-order valence-corrected chi connectivity index (χ2v) is 3.58. The van der Waals surface area contributed by atoms with Crippen LogP contribution in [-0.2, 0) is 0 Å². The third-order valence-corrected chi connectivity index (χ3v) is 2.27. The fourth-order valence-corrected chi connectivity index (χ4v) is 1.36. The molecule has 7 nitrogen and oxygen atoms in total. The summed E-state index contributed by atoms with van der Waals surface area (Å²) in [5, 5.41) is 25.5. The Morgan fingerprint density at radius 3 is 2.53 bits per heavy atom. The summed E-state index contributed by atoms with van der Waals surface area (Å²) in [6.07, 6.45) is 0. The van der Waals surface area contributed by atoms with Gasteiger partial charge in [0.05, 0.1) is 5.56 Å². The molecule has 0 aliphatic carbocycles. The molecule has 1 heterocycles. The topological polar surface area (TPSA) is 115 Å². The quantitative estimate of drug-likeness (QED) is 0.732. The van der Waals surface area contributed by atoms with Crippen molar-refractivity contribution in [3.8, 4) is 5.75 Å². The predicted octanol–water partition coefficient (Wildman–Crippen LogP) is 2.19. The number of nitrogens with one attached hydrogen (secondary N) is 1. The summed E-state index contributed by atoms with van der Waals surface area (Å²) < 4.78 is 0. The van der Waals surface area contributed by atoms with Gasteiger partial charge >= 0.3 is 5.97 Å². The number of benzene rings is 1. The first-order valence-electron chi connectivity index (χ1n) is 5.24. The number of aromatic carboxylic acids is 1. The zero-order chi connectivity index (χ0) is 13.8. The Morgan fingerprint density at radius 2 is 1.84 bits per heavy atom. The summed E-state index contributed by atoms with van der Waals surface area (Å²) in [6, 6.07) is 8.62. The number of hydrogen-bond acceptors (Lipinski definition) is 5. The Bertz CT molecular complexity index is 706. The molecule has 2 rings (SSSR count). The monoisotopic (exact) mass is 259 g/mol. The molecule has 0 bridgehead atoms. The van der Waals surface area contributed by atoms with Crippen LogP contribution in [0.2, 0.25) is 0 Å². The number of azo groups is 1. The molecule has 0 radical (unpaired) electrons. The zero-order valence-corrected chi connectivity index (χ0v) is 9.57. The van der Waals surface area contributed by atoms with E-state index in [0.717, 1.165) is 0 Å². The van der Waals surface area contributed by atoms with E-state index in [1.54, 1.807) is 12.1 Å². The van der Waals surface area contributed by atoms with Gasteiger partial charge < -0.3 is 15.2 Å². The molecule has 0 saturated carbocycles. The molecule has 1 aromatic carbocycles. The third kappa shape index (κ3) is 2.83. The van der Waals surface area contributed by atoms with E-state index in [-0.39, 0.29) is 17.1 Å². The van der Waals surface area contributed by atoms with Crippen molar-refractivity contribution >= 4 is 17.5 Å². The first-order chi connectivity index (χ1) is 9.08. The molecule has 1 aromatic heterocycles. The van der Waals surface area contributed by atoms with E-state index < -0.39 is 17.3 Å². The summed E-state index contributed by atoms with van der Waals surface area (Å²) in [4.78, 5) is 24.3. The van der Waals surface area contributed by atoms with Crippen LogP contribution >= 0.6 is 0 Å². The van der Waals surface area contributed by atoms with Gasteiger partial charge in [0.15, 0.2) is 11.6 Å². The Hall–Kier alpha value is -2.96. The van der Waals surface area contributed by atoms with E-state index >= 15 is 0 Å². The summed E-state index contributed by atoms with van der Waals surface area (Å²) in [6.45, 7) is 0. The van der Waals surface area contributed by atoms with Crippen molar-refractivity contribution in [2.75, 3.05) is 0 Å². The minimum atomic E-state index is -1.12. The van der Waals surface area contributed by atoms with Gasteiger partial charge in [0, 0.05) is 0 Å². The molecule has 0 atom stereocenters. The Labute approximate surface area is 106 Å². The maximum Gasteiger partial charge on any atom is 0.337 e. The second-order valence-electron chi connectivity index (χ2n) is 3.58. The molecule has 7 heteroatoms. The van der Waals surface area contributed by atoms with Crippen molar-refractivity contribution in [1.29, 1.82) is 0 Å². The van der Waals surface area contributed by atoms with Gasteiger partial charge in [-0.2, -0.15) is 0 Å². The lowest BCUT2D eigenvalue weighted by Crippen LogP contribution is -2.02. The number of rotatable bonds is 3. The second kappa shape index (κ2) is 5.13. The molecular formula is C12H9N3O4. The Balaban J connectivity index is 2.35. The minimum absolute atomic E-state index is 0.00683. The zero-order valence-electron chi connectivity index (χ0n) is 9.57. The van der Waals surface area contributed by atoms with Crippen LogP contribution in [0.1, 0.15) is 10.4 Å². The minimum Gasteiger partial charge on any atom is -0.503 e. The van der Waals surface area contributed by atoms with Gasteiger partial charge in [-0.25, -0.2) is 4.79 Å². The van der Waals surface area contributed by atoms with E-state index in [1.807, 2.05) is 0 Å². The molecular weight excluding hydrogens is 250 g/mol. The first-order valence-corrected chi connectivity index (χ1v) is 5.24. The van der Waals surface area contributed by atoms with E-state index in [4.69, 9.17) is 10.2 Å². The normalized spacial score (nSPS) is 10.7. The van der Waals surface area contributed by atoms with Crippen LogP contribution in [0.4, 0.5) is 11.5 Å². The van der Waals surface area contributed by atoms with Crippen LogP contribution in [0.3, 0.4) is 0 Å². The van der Waals surface area contributed by atoms with Gasteiger partial charge in [0.2, 0.25) is 0 Å². The number of aromatic amines is 1. The van der Waals surface area contributed by atoms with Gasteiger partial charge in [0.1, 0.15) is 5.69 Å². The molecule has 0 spiro atoms. The van der Waals surface area contributed by atoms with E-state index in [1.165, 1.54) is 24.3 Å². The number of H-pyrrole nitrogens is 1. The van der Waals surface area contributed by atoms with Crippen molar-refractivity contribution in [1.82, 2.24) is 4.98 Å². The van der Waals surface area contributed by atoms with Crippen LogP contribution in [0.15, 0.2) is 51.4 Å². The maximum atomic E-state index is 11.1. The fraction of sp³-hybridized carbons (Fsp3) is 0. The average Bonchev–Trinajstić information content (AvgIpc) is 2.40. The van der Waals surface area contributed by atoms with Gasteiger partial charge in [-0.3, -0.25) is 4.79 Å². The predicted molar refractivity (Wildman–Crippen MR) is 66.3 cm³/mol. The van der Waals surface area contributed by atoms with Crippen molar-refractivity contribution in [2.45, 2.75) is 0 Å². The number of aromatic nitrogens is 1. The highest BCUT2D eigenvalue weighted by Crippen LogP contribution is 2.21. The van der Waals surface area contributed by atoms with E-state index in [2.05, 4.69) is 15.2 Å². The van der Waals surface area contributed by atoms with Gasteiger partial charge in [0.25, 0.3) is 5.56 Å². The van der Waals surface area contributed by atoms with Crippen molar-refractivity contribution < 1.29 is 15.0 Å². The van der Waals surface area contributed by atoms with Gasteiger partial charge in [-0.1, -0.05) is 12.1 Å². The molecule has 0 aliphatic rings. The summed E-state index contributed by atoms with van der Waals surface area (Å²) in [5.41, 5.74) is -0.515. The molecule has 0 saturated heterocycles. The molecule has 3 N–H and O–H groups in total. The SMILES string of the molecule is O=C(O)c1ccccc1N=Nc1ccc(O)c(=O)[nH]1. The molecule has 2 aromatic rings. The largest absolute Gasteiger partial charge is 0.503 e. The number of pyridine rings is 1. The standard InChI is InChI=1S/C12H9N3O4/c16-9-5-6-10(13-11(9)17)15-14-8-4-2-1-3-7(8)12(18)19/h1-6,16H,(H,13,17)(H,18,19). The summed E-state index contributed by atoms with van der Waals surface area (Å²) >= 11 is 0. The summed E-state index contributed by atoms with van der Waals surface area (Å²) in [5.74, 6) is -1.43. The lowest BCUT2D eigenvalue weighted by Gasteiger charge is -1.98. The molecule has 0 aliphatic heterocycles. The molecule has 0 amide bonds. The lowest BCUT2D eigenvalue weighted by molar-refractivity contribution is 0.0697. The smallest absolute Gasteiger partial charge is 0.337 e.